The van der Waals surface area contributed by atoms with E-state index in [0.29, 0.717) is 12.2 Å². The van der Waals surface area contributed by atoms with E-state index in [2.05, 4.69) is 5.32 Å². The summed E-state index contributed by atoms with van der Waals surface area (Å²) in [5.41, 5.74) is -1.22. The van der Waals surface area contributed by atoms with Crippen molar-refractivity contribution in [2.75, 3.05) is 31.8 Å². The Morgan fingerprint density at radius 3 is 2.31 bits per heavy atom. The van der Waals surface area contributed by atoms with Crippen molar-refractivity contribution in [2.45, 2.75) is 17.5 Å². The van der Waals surface area contributed by atoms with Gasteiger partial charge >= 0.3 is 12.2 Å². The lowest BCUT2D eigenvalue weighted by atomic mass is 10.1. The van der Waals surface area contributed by atoms with Gasteiger partial charge in [-0.25, -0.2) is 13.2 Å². The Morgan fingerprint density at radius 1 is 1.10 bits per heavy atom. The van der Waals surface area contributed by atoms with Gasteiger partial charge in [0.25, 0.3) is 0 Å². The predicted molar refractivity (Wildman–Crippen MR) is 103 cm³/mol. The zero-order valence-electron chi connectivity index (χ0n) is 15.9. The number of urea groups is 1. The summed E-state index contributed by atoms with van der Waals surface area (Å²) >= 11 is 0. The number of amides is 2. The topological polar surface area (TPSA) is 75.7 Å². The molecule has 0 fully saturated rings. The maximum Gasteiger partial charge on any atom is 0.418 e. The average Bonchev–Trinajstić information content (AvgIpc) is 2.64. The number of alkyl halides is 3. The van der Waals surface area contributed by atoms with Crippen molar-refractivity contribution in [1.29, 1.82) is 0 Å². The molecule has 0 radical (unpaired) electrons. The summed E-state index contributed by atoms with van der Waals surface area (Å²) in [5.74, 6) is 0.476. The van der Waals surface area contributed by atoms with Gasteiger partial charge in [0, 0.05) is 19.8 Å². The van der Waals surface area contributed by atoms with Crippen molar-refractivity contribution >= 4 is 21.6 Å². The number of carbonyl (C=O) groups excluding carboxylic acids is 1. The highest BCUT2D eigenvalue weighted by molar-refractivity contribution is 7.90. The Labute approximate surface area is 167 Å². The van der Waals surface area contributed by atoms with E-state index >= 15 is 0 Å². The number of hydrogen-bond donors (Lipinski definition) is 1. The fourth-order valence-corrected chi connectivity index (χ4v) is 3.06. The molecule has 2 amide bonds. The van der Waals surface area contributed by atoms with Gasteiger partial charge in [-0.3, -0.25) is 0 Å². The molecule has 6 nitrogen and oxygen atoms in total. The Bertz CT molecular complexity index is 945. The molecular formula is C19H21F3N2O4S. The fraction of sp³-hybridized carbons (Fsp3) is 0.316. The normalized spacial score (nSPS) is 11.8. The summed E-state index contributed by atoms with van der Waals surface area (Å²) in [6.07, 6.45) is -3.03. The summed E-state index contributed by atoms with van der Waals surface area (Å²) < 4.78 is 67.2. The predicted octanol–water partition coefficient (Wildman–Crippen LogP) is 4.04. The molecule has 0 aliphatic heterocycles. The lowest BCUT2D eigenvalue weighted by Gasteiger charge is -2.20. The van der Waals surface area contributed by atoms with Gasteiger partial charge in [-0.1, -0.05) is 12.1 Å². The number of benzene rings is 2. The standard InChI is InChI=1S/C19H21F3N2O4S/c1-24(18(25)23-17-7-4-3-6-16(17)19(20,21)22)12-5-13-28-14-8-10-15(11-9-14)29(2,26)27/h3-4,6-11H,5,12-13H2,1-2H3,(H,23,25). The first-order valence-electron chi connectivity index (χ1n) is 8.60. The van der Waals surface area contributed by atoms with Crippen LogP contribution in [0.2, 0.25) is 0 Å². The second-order valence-corrected chi connectivity index (χ2v) is 8.36. The lowest BCUT2D eigenvalue weighted by Crippen LogP contribution is -2.33. The van der Waals surface area contributed by atoms with Crippen LogP contribution in [0.15, 0.2) is 53.4 Å². The molecule has 1 N–H and O–H groups in total. The van der Waals surface area contributed by atoms with Gasteiger partial charge in [-0.15, -0.1) is 0 Å². The first kappa shape index (κ1) is 22.5. The van der Waals surface area contributed by atoms with Gasteiger partial charge < -0.3 is 15.0 Å². The molecule has 10 heteroatoms. The molecule has 0 saturated carbocycles. The zero-order chi connectivity index (χ0) is 21.7. The minimum atomic E-state index is -4.57. The van der Waals surface area contributed by atoms with Crippen LogP contribution in [0.3, 0.4) is 0 Å². The second kappa shape index (κ2) is 9.17. The molecule has 158 valence electrons. The van der Waals surface area contributed by atoms with Gasteiger partial charge in [0.05, 0.1) is 22.8 Å². The third-order valence-electron chi connectivity index (χ3n) is 3.98. The molecule has 2 aromatic rings. The number of para-hydroxylation sites is 1. The third-order valence-corrected chi connectivity index (χ3v) is 5.11. The van der Waals surface area contributed by atoms with E-state index in [1.807, 2.05) is 0 Å². The highest BCUT2D eigenvalue weighted by atomic mass is 32.2. The highest BCUT2D eigenvalue weighted by Gasteiger charge is 2.33. The molecule has 29 heavy (non-hydrogen) atoms. The molecule has 0 aliphatic carbocycles. The van der Waals surface area contributed by atoms with Crippen LogP contribution in [0.5, 0.6) is 5.75 Å². The summed E-state index contributed by atoms with van der Waals surface area (Å²) in [5, 5.41) is 2.27. The number of anilines is 1. The zero-order valence-corrected chi connectivity index (χ0v) is 16.7. The minimum Gasteiger partial charge on any atom is -0.494 e. The van der Waals surface area contributed by atoms with E-state index in [9.17, 15) is 26.4 Å². The van der Waals surface area contributed by atoms with E-state index in [4.69, 9.17) is 4.74 Å². The largest absolute Gasteiger partial charge is 0.494 e. The number of carbonyl (C=O) groups is 1. The van der Waals surface area contributed by atoms with Crippen LogP contribution in [-0.2, 0) is 16.0 Å². The van der Waals surface area contributed by atoms with Crippen LogP contribution < -0.4 is 10.1 Å². The van der Waals surface area contributed by atoms with E-state index in [1.165, 1.54) is 54.4 Å². The van der Waals surface area contributed by atoms with Crippen molar-refractivity contribution in [2.24, 2.45) is 0 Å². The van der Waals surface area contributed by atoms with Crippen molar-refractivity contribution in [3.8, 4) is 5.75 Å². The molecule has 2 aromatic carbocycles. The number of ether oxygens (including phenoxy) is 1. The third kappa shape index (κ3) is 6.67. The van der Waals surface area contributed by atoms with Crippen molar-refractivity contribution in [3.63, 3.8) is 0 Å². The van der Waals surface area contributed by atoms with Gasteiger partial charge in [0.15, 0.2) is 9.84 Å². The first-order valence-corrected chi connectivity index (χ1v) is 10.5. The maximum absolute atomic E-state index is 13.0. The van der Waals surface area contributed by atoms with E-state index in [1.54, 1.807) is 0 Å². The van der Waals surface area contributed by atoms with Crippen LogP contribution in [0.1, 0.15) is 12.0 Å². The highest BCUT2D eigenvalue weighted by Crippen LogP contribution is 2.34. The number of halogens is 3. The Kier molecular flexibility index (Phi) is 7.12. The van der Waals surface area contributed by atoms with Crippen LogP contribution in [0, 0.1) is 0 Å². The van der Waals surface area contributed by atoms with Gasteiger partial charge in [-0.05, 0) is 42.8 Å². The van der Waals surface area contributed by atoms with Gasteiger partial charge in [-0.2, -0.15) is 13.2 Å². The Hall–Kier alpha value is -2.75. The molecule has 0 unspecified atom stereocenters. The van der Waals surface area contributed by atoms with Crippen LogP contribution >= 0.6 is 0 Å². The quantitative estimate of drug-likeness (QED) is 0.673. The molecule has 0 aliphatic rings. The van der Waals surface area contributed by atoms with E-state index in [0.717, 1.165) is 12.3 Å². The van der Waals surface area contributed by atoms with Crippen LogP contribution in [-0.4, -0.2) is 45.8 Å². The first-order chi connectivity index (χ1) is 13.5. The van der Waals surface area contributed by atoms with E-state index in [-0.39, 0.29) is 23.7 Å². The minimum absolute atomic E-state index is 0.181. The average molecular weight is 430 g/mol. The summed E-state index contributed by atoms with van der Waals surface area (Å²) in [7, 11) is -1.82. The summed E-state index contributed by atoms with van der Waals surface area (Å²) in [6, 6.07) is 10.0. The number of sulfone groups is 1. The van der Waals surface area contributed by atoms with Crippen molar-refractivity contribution < 1.29 is 31.1 Å². The Balaban J connectivity index is 1.82. The fourth-order valence-electron chi connectivity index (χ4n) is 2.43. The molecule has 0 aromatic heterocycles. The van der Waals surface area contributed by atoms with Gasteiger partial charge in [0.2, 0.25) is 0 Å². The molecular weight excluding hydrogens is 409 g/mol. The number of rotatable bonds is 7. The molecule has 0 heterocycles. The van der Waals surface area contributed by atoms with E-state index < -0.39 is 27.6 Å². The number of nitrogens with zero attached hydrogens (tertiary/aromatic N) is 1. The SMILES string of the molecule is CN(CCCOc1ccc(S(C)(=O)=O)cc1)C(=O)Nc1ccccc1C(F)(F)F. The number of hydrogen-bond acceptors (Lipinski definition) is 4. The smallest absolute Gasteiger partial charge is 0.418 e. The molecule has 0 saturated heterocycles. The molecule has 2 rings (SSSR count). The number of nitrogens with one attached hydrogen (secondary N) is 1. The molecule has 0 atom stereocenters. The summed E-state index contributed by atoms with van der Waals surface area (Å²) in [6.45, 7) is 0.496. The molecule has 0 bridgehead atoms. The summed E-state index contributed by atoms with van der Waals surface area (Å²) in [4.78, 5) is 13.6. The second-order valence-electron chi connectivity index (χ2n) is 6.34. The van der Waals surface area contributed by atoms with Crippen LogP contribution in [0.4, 0.5) is 23.7 Å². The van der Waals surface area contributed by atoms with Crippen molar-refractivity contribution in [3.05, 3.63) is 54.1 Å². The monoisotopic (exact) mass is 430 g/mol. The van der Waals surface area contributed by atoms with Gasteiger partial charge in [0.1, 0.15) is 5.75 Å². The maximum atomic E-state index is 13.0. The Morgan fingerprint density at radius 2 is 1.72 bits per heavy atom. The van der Waals surface area contributed by atoms with Crippen LogP contribution in [0.25, 0.3) is 0 Å². The van der Waals surface area contributed by atoms with Crippen molar-refractivity contribution in [1.82, 2.24) is 4.90 Å². The molecule has 0 spiro atoms. The lowest BCUT2D eigenvalue weighted by molar-refractivity contribution is -0.136.